The Kier molecular flexibility index (Phi) is 4.47. The number of benzene rings is 1. The molecule has 1 aromatic rings. The van der Waals surface area contributed by atoms with Gasteiger partial charge in [0.2, 0.25) is 0 Å². The molecule has 1 aromatic carbocycles. The molecule has 0 heterocycles. The summed E-state index contributed by atoms with van der Waals surface area (Å²) in [5, 5.41) is 0. The number of rotatable bonds is 5. The number of anilines is 1. The summed E-state index contributed by atoms with van der Waals surface area (Å²) in [6.07, 6.45) is 2.14. The standard InChI is InChI=1S/C12H20N2/c1-3-11-7-4-5-8-12(11)14(2)10-6-9-13/h4-5,7-8H,3,6,9-10,13H2,1-2H3. The fraction of sp³-hybridized carbons (Fsp3) is 0.500. The molecule has 1 rings (SSSR count). The maximum atomic E-state index is 5.50. The van der Waals surface area contributed by atoms with Crippen LogP contribution < -0.4 is 10.6 Å². The number of hydrogen-bond acceptors (Lipinski definition) is 2. The summed E-state index contributed by atoms with van der Waals surface area (Å²) in [4.78, 5) is 2.28. The summed E-state index contributed by atoms with van der Waals surface area (Å²) in [5.41, 5.74) is 8.24. The first-order valence-corrected chi connectivity index (χ1v) is 5.28. The van der Waals surface area contributed by atoms with Gasteiger partial charge in [0.05, 0.1) is 0 Å². The zero-order valence-corrected chi connectivity index (χ0v) is 9.16. The highest BCUT2D eigenvalue weighted by Crippen LogP contribution is 2.19. The Balaban J connectivity index is 2.72. The zero-order valence-electron chi connectivity index (χ0n) is 9.16. The van der Waals surface area contributed by atoms with Gasteiger partial charge in [-0.05, 0) is 31.0 Å². The minimum atomic E-state index is 0.763. The molecule has 0 bridgehead atoms. The second-order valence-electron chi connectivity index (χ2n) is 3.55. The van der Waals surface area contributed by atoms with Gasteiger partial charge in [-0.1, -0.05) is 25.1 Å². The van der Waals surface area contributed by atoms with Crippen molar-refractivity contribution >= 4 is 5.69 Å². The van der Waals surface area contributed by atoms with Crippen LogP contribution in [0.2, 0.25) is 0 Å². The van der Waals surface area contributed by atoms with Crippen LogP contribution in [0, 0.1) is 0 Å². The molecular weight excluding hydrogens is 172 g/mol. The predicted molar refractivity (Wildman–Crippen MR) is 62.8 cm³/mol. The molecule has 2 nitrogen and oxygen atoms in total. The maximum Gasteiger partial charge on any atom is 0.0396 e. The summed E-state index contributed by atoms with van der Waals surface area (Å²) in [5.74, 6) is 0. The summed E-state index contributed by atoms with van der Waals surface area (Å²) < 4.78 is 0. The number of hydrogen-bond donors (Lipinski definition) is 1. The Morgan fingerprint density at radius 2 is 2.00 bits per heavy atom. The van der Waals surface area contributed by atoms with Gasteiger partial charge in [0.1, 0.15) is 0 Å². The molecule has 0 atom stereocenters. The van der Waals surface area contributed by atoms with Crippen molar-refractivity contribution in [3.63, 3.8) is 0 Å². The van der Waals surface area contributed by atoms with E-state index < -0.39 is 0 Å². The van der Waals surface area contributed by atoms with Crippen LogP contribution in [0.5, 0.6) is 0 Å². The molecule has 0 aliphatic heterocycles. The molecule has 2 N–H and O–H groups in total. The first kappa shape index (κ1) is 11.1. The lowest BCUT2D eigenvalue weighted by molar-refractivity contribution is 0.792. The third kappa shape index (κ3) is 2.74. The number of nitrogens with two attached hydrogens (primary N) is 1. The Bertz CT molecular complexity index is 271. The van der Waals surface area contributed by atoms with Crippen molar-refractivity contribution in [3.8, 4) is 0 Å². The van der Waals surface area contributed by atoms with E-state index in [9.17, 15) is 0 Å². The average molecular weight is 192 g/mol. The van der Waals surface area contributed by atoms with Crippen LogP contribution in [0.1, 0.15) is 18.9 Å². The van der Waals surface area contributed by atoms with E-state index in [0.29, 0.717) is 0 Å². The first-order valence-electron chi connectivity index (χ1n) is 5.28. The SMILES string of the molecule is CCc1ccccc1N(C)CCCN. The van der Waals surface area contributed by atoms with Crippen molar-refractivity contribution in [2.24, 2.45) is 5.73 Å². The van der Waals surface area contributed by atoms with E-state index in [1.807, 2.05) is 0 Å². The Morgan fingerprint density at radius 3 is 2.64 bits per heavy atom. The number of para-hydroxylation sites is 1. The van der Waals surface area contributed by atoms with Crippen molar-refractivity contribution in [2.45, 2.75) is 19.8 Å². The average Bonchev–Trinajstić information content (AvgIpc) is 2.25. The molecule has 0 saturated carbocycles. The second-order valence-corrected chi connectivity index (χ2v) is 3.55. The molecule has 0 radical (unpaired) electrons. The third-order valence-corrected chi connectivity index (χ3v) is 2.48. The van der Waals surface area contributed by atoms with E-state index in [4.69, 9.17) is 5.73 Å². The lowest BCUT2D eigenvalue weighted by Crippen LogP contribution is -2.22. The van der Waals surface area contributed by atoms with Crippen LogP contribution in [0.3, 0.4) is 0 Å². The van der Waals surface area contributed by atoms with Crippen LogP contribution >= 0.6 is 0 Å². The molecule has 0 unspecified atom stereocenters. The van der Waals surface area contributed by atoms with Gasteiger partial charge in [0.25, 0.3) is 0 Å². The largest absolute Gasteiger partial charge is 0.374 e. The highest BCUT2D eigenvalue weighted by Gasteiger charge is 2.03. The van der Waals surface area contributed by atoms with Gasteiger partial charge in [0.15, 0.2) is 0 Å². The lowest BCUT2D eigenvalue weighted by Gasteiger charge is -2.21. The predicted octanol–water partition coefficient (Wildman–Crippen LogP) is 2.03. The van der Waals surface area contributed by atoms with Crippen molar-refractivity contribution < 1.29 is 0 Å². The van der Waals surface area contributed by atoms with Crippen molar-refractivity contribution in [3.05, 3.63) is 29.8 Å². The molecule has 78 valence electrons. The first-order chi connectivity index (χ1) is 6.79. The molecule has 0 aliphatic carbocycles. The summed E-state index contributed by atoms with van der Waals surface area (Å²) >= 11 is 0. The molecule has 0 aliphatic rings. The van der Waals surface area contributed by atoms with Crippen molar-refractivity contribution in [1.82, 2.24) is 0 Å². The zero-order chi connectivity index (χ0) is 10.4. The van der Waals surface area contributed by atoms with Gasteiger partial charge in [-0.2, -0.15) is 0 Å². The fourth-order valence-corrected chi connectivity index (χ4v) is 1.63. The Morgan fingerprint density at radius 1 is 1.29 bits per heavy atom. The summed E-state index contributed by atoms with van der Waals surface area (Å²) in [6.45, 7) is 3.99. The van der Waals surface area contributed by atoms with Crippen LogP contribution in [0.15, 0.2) is 24.3 Å². The van der Waals surface area contributed by atoms with Gasteiger partial charge < -0.3 is 10.6 Å². The summed E-state index contributed by atoms with van der Waals surface area (Å²) in [7, 11) is 2.13. The molecule has 0 aromatic heterocycles. The molecule has 0 saturated heterocycles. The fourth-order valence-electron chi connectivity index (χ4n) is 1.63. The topological polar surface area (TPSA) is 29.3 Å². The molecule has 0 amide bonds. The Labute approximate surface area is 86.7 Å². The molecule has 14 heavy (non-hydrogen) atoms. The highest BCUT2D eigenvalue weighted by molar-refractivity contribution is 5.52. The van der Waals surface area contributed by atoms with E-state index in [1.54, 1.807) is 0 Å². The van der Waals surface area contributed by atoms with Crippen LogP contribution in [-0.4, -0.2) is 20.1 Å². The highest BCUT2D eigenvalue weighted by atomic mass is 15.1. The maximum absolute atomic E-state index is 5.50. The minimum Gasteiger partial charge on any atom is -0.374 e. The molecule has 0 fully saturated rings. The van der Waals surface area contributed by atoms with E-state index in [-0.39, 0.29) is 0 Å². The number of aryl methyl sites for hydroxylation is 1. The van der Waals surface area contributed by atoms with Gasteiger partial charge >= 0.3 is 0 Å². The van der Waals surface area contributed by atoms with Crippen LogP contribution in [0.4, 0.5) is 5.69 Å². The quantitative estimate of drug-likeness (QED) is 0.773. The lowest BCUT2D eigenvalue weighted by atomic mass is 10.1. The van der Waals surface area contributed by atoms with Gasteiger partial charge in [-0.25, -0.2) is 0 Å². The molecule has 0 spiro atoms. The van der Waals surface area contributed by atoms with Gasteiger partial charge in [0, 0.05) is 19.3 Å². The van der Waals surface area contributed by atoms with E-state index >= 15 is 0 Å². The van der Waals surface area contributed by atoms with Gasteiger partial charge in [-0.15, -0.1) is 0 Å². The van der Waals surface area contributed by atoms with Crippen molar-refractivity contribution in [2.75, 3.05) is 25.0 Å². The smallest absolute Gasteiger partial charge is 0.0396 e. The van der Waals surface area contributed by atoms with E-state index in [2.05, 4.69) is 43.1 Å². The second kappa shape index (κ2) is 5.66. The van der Waals surface area contributed by atoms with E-state index in [0.717, 1.165) is 25.9 Å². The molecule has 2 heteroatoms. The van der Waals surface area contributed by atoms with Gasteiger partial charge in [-0.3, -0.25) is 0 Å². The van der Waals surface area contributed by atoms with Crippen LogP contribution in [-0.2, 0) is 6.42 Å². The summed E-state index contributed by atoms with van der Waals surface area (Å²) in [6, 6.07) is 8.55. The Hall–Kier alpha value is -1.02. The molecular formula is C12H20N2. The normalized spacial score (nSPS) is 10.2. The van der Waals surface area contributed by atoms with E-state index in [1.165, 1.54) is 11.3 Å². The monoisotopic (exact) mass is 192 g/mol. The van der Waals surface area contributed by atoms with Crippen molar-refractivity contribution in [1.29, 1.82) is 0 Å². The minimum absolute atomic E-state index is 0.763. The third-order valence-electron chi connectivity index (χ3n) is 2.48. The number of nitrogens with zero attached hydrogens (tertiary/aromatic N) is 1. The van der Waals surface area contributed by atoms with Crippen LogP contribution in [0.25, 0.3) is 0 Å².